The van der Waals surface area contributed by atoms with Gasteiger partial charge in [0.1, 0.15) is 5.69 Å². The topological polar surface area (TPSA) is 48.1 Å². The van der Waals surface area contributed by atoms with Gasteiger partial charge in [-0.1, -0.05) is 6.92 Å². The van der Waals surface area contributed by atoms with Crippen molar-refractivity contribution in [1.82, 2.24) is 15.2 Å². The van der Waals surface area contributed by atoms with Crippen LogP contribution in [0.2, 0.25) is 0 Å². The maximum atomic E-state index is 11.6. The Morgan fingerprint density at radius 1 is 1.50 bits per heavy atom. The van der Waals surface area contributed by atoms with E-state index in [-0.39, 0.29) is 5.91 Å². The van der Waals surface area contributed by atoms with E-state index in [0.717, 1.165) is 18.7 Å². The van der Waals surface area contributed by atoms with E-state index in [1.807, 2.05) is 12.1 Å². The van der Waals surface area contributed by atoms with Gasteiger partial charge in [-0.15, -0.1) is 0 Å². The summed E-state index contributed by atoms with van der Waals surface area (Å²) >= 11 is 0. The molecule has 1 unspecified atom stereocenters. The molecule has 0 saturated carbocycles. The number of H-pyrrole nitrogens is 1. The Balaban J connectivity index is 2.55. The lowest BCUT2D eigenvalue weighted by atomic mass is 10.2. The molecule has 0 fully saturated rings. The van der Waals surface area contributed by atoms with E-state index in [9.17, 15) is 4.79 Å². The highest BCUT2D eigenvalue weighted by molar-refractivity contribution is 5.92. The first-order valence-corrected chi connectivity index (χ1v) is 5.67. The minimum Gasteiger partial charge on any atom is -0.353 e. The number of hydrogen-bond donors (Lipinski definition) is 2. The summed E-state index contributed by atoms with van der Waals surface area (Å²) in [5.41, 5.74) is 1.69. The molecule has 1 aromatic rings. The third kappa shape index (κ3) is 3.38. The molecule has 0 aliphatic heterocycles. The summed E-state index contributed by atoms with van der Waals surface area (Å²) in [4.78, 5) is 16.3. The SMILES string of the molecule is CCC(C)NCc1ccc(C(=O)N(C)C)[nH]1. The van der Waals surface area contributed by atoms with Crippen LogP contribution < -0.4 is 5.32 Å². The summed E-state index contributed by atoms with van der Waals surface area (Å²) < 4.78 is 0. The third-order valence-electron chi connectivity index (χ3n) is 2.64. The van der Waals surface area contributed by atoms with Crippen LogP contribution in [-0.4, -0.2) is 35.9 Å². The van der Waals surface area contributed by atoms with Gasteiger partial charge in [0.15, 0.2) is 0 Å². The maximum Gasteiger partial charge on any atom is 0.269 e. The Kier molecular flexibility index (Phi) is 4.55. The monoisotopic (exact) mass is 223 g/mol. The predicted octanol–water partition coefficient (Wildman–Crippen LogP) is 1.60. The highest BCUT2D eigenvalue weighted by Gasteiger charge is 2.10. The molecule has 90 valence electrons. The van der Waals surface area contributed by atoms with E-state index in [1.165, 1.54) is 0 Å². The van der Waals surface area contributed by atoms with Crippen molar-refractivity contribution in [3.63, 3.8) is 0 Å². The average molecular weight is 223 g/mol. The highest BCUT2D eigenvalue weighted by atomic mass is 16.2. The van der Waals surface area contributed by atoms with Crippen LogP contribution in [0.5, 0.6) is 0 Å². The number of rotatable bonds is 5. The van der Waals surface area contributed by atoms with E-state index in [4.69, 9.17) is 0 Å². The Hall–Kier alpha value is -1.29. The summed E-state index contributed by atoms with van der Waals surface area (Å²) in [6, 6.07) is 4.28. The van der Waals surface area contributed by atoms with E-state index in [2.05, 4.69) is 24.1 Å². The highest BCUT2D eigenvalue weighted by Crippen LogP contribution is 2.04. The first-order chi connectivity index (χ1) is 7.54. The number of aromatic nitrogens is 1. The van der Waals surface area contributed by atoms with Crippen LogP contribution in [0.4, 0.5) is 0 Å². The number of nitrogens with one attached hydrogen (secondary N) is 2. The number of aromatic amines is 1. The first-order valence-electron chi connectivity index (χ1n) is 5.67. The molecule has 1 heterocycles. The van der Waals surface area contributed by atoms with Gasteiger partial charge in [-0.2, -0.15) is 0 Å². The lowest BCUT2D eigenvalue weighted by molar-refractivity contribution is 0.0822. The average Bonchev–Trinajstić information content (AvgIpc) is 2.73. The molecule has 16 heavy (non-hydrogen) atoms. The summed E-state index contributed by atoms with van der Waals surface area (Å²) in [7, 11) is 3.50. The van der Waals surface area contributed by atoms with Gasteiger partial charge >= 0.3 is 0 Å². The zero-order chi connectivity index (χ0) is 12.1. The van der Waals surface area contributed by atoms with Gasteiger partial charge in [0.25, 0.3) is 5.91 Å². The molecule has 0 saturated heterocycles. The zero-order valence-electron chi connectivity index (χ0n) is 10.5. The van der Waals surface area contributed by atoms with Crippen molar-refractivity contribution in [2.24, 2.45) is 0 Å². The molecule has 4 nitrogen and oxygen atoms in total. The van der Waals surface area contributed by atoms with Gasteiger partial charge < -0.3 is 15.2 Å². The van der Waals surface area contributed by atoms with E-state index < -0.39 is 0 Å². The summed E-state index contributed by atoms with van der Waals surface area (Å²) in [5, 5.41) is 3.37. The number of nitrogens with zero attached hydrogens (tertiary/aromatic N) is 1. The third-order valence-corrected chi connectivity index (χ3v) is 2.64. The molecular weight excluding hydrogens is 202 g/mol. The van der Waals surface area contributed by atoms with Crippen molar-refractivity contribution in [3.8, 4) is 0 Å². The smallest absolute Gasteiger partial charge is 0.269 e. The Labute approximate surface area is 97.0 Å². The van der Waals surface area contributed by atoms with Gasteiger partial charge in [0.05, 0.1) is 0 Å². The van der Waals surface area contributed by atoms with Gasteiger partial charge in [-0.25, -0.2) is 0 Å². The maximum absolute atomic E-state index is 11.6. The predicted molar refractivity (Wildman–Crippen MR) is 65.4 cm³/mol. The second kappa shape index (κ2) is 5.70. The number of amides is 1. The van der Waals surface area contributed by atoms with Crippen molar-refractivity contribution in [3.05, 3.63) is 23.5 Å². The molecule has 1 amide bonds. The van der Waals surface area contributed by atoms with Gasteiger partial charge in [0, 0.05) is 32.4 Å². The fourth-order valence-corrected chi connectivity index (χ4v) is 1.34. The molecule has 0 aliphatic carbocycles. The molecule has 2 N–H and O–H groups in total. The molecule has 1 rings (SSSR count). The molecule has 0 bridgehead atoms. The normalized spacial score (nSPS) is 12.5. The fourth-order valence-electron chi connectivity index (χ4n) is 1.34. The second-order valence-corrected chi connectivity index (χ2v) is 4.29. The molecule has 4 heteroatoms. The molecule has 0 spiro atoms. The Morgan fingerprint density at radius 3 is 2.75 bits per heavy atom. The zero-order valence-corrected chi connectivity index (χ0v) is 10.5. The number of hydrogen-bond acceptors (Lipinski definition) is 2. The fraction of sp³-hybridized carbons (Fsp3) is 0.583. The summed E-state index contributed by atoms with van der Waals surface area (Å²) in [6.07, 6.45) is 1.10. The van der Waals surface area contributed by atoms with Crippen LogP contribution in [-0.2, 0) is 6.54 Å². The summed E-state index contributed by atoms with van der Waals surface area (Å²) in [6.45, 7) is 5.07. The first kappa shape index (κ1) is 12.8. The molecule has 0 radical (unpaired) electrons. The standard InChI is InChI=1S/C12H21N3O/c1-5-9(2)13-8-10-6-7-11(14-10)12(16)15(3)4/h6-7,9,13-14H,5,8H2,1-4H3. The molecule has 1 aromatic heterocycles. The molecule has 1 atom stereocenters. The van der Waals surface area contributed by atoms with Gasteiger partial charge in [0.2, 0.25) is 0 Å². The molecule has 0 aliphatic rings. The van der Waals surface area contributed by atoms with Crippen LogP contribution >= 0.6 is 0 Å². The van der Waals surface area contributed by atoms with E-state index in [0.29, 0.717) is 11.7 Å². The number of carbonyl (C=O) groups excluding carboxylic acids is 1. The quantitative estimate of drug-likeness (QED) is 0.796. The summed E-state index contributed by atoms with van der Waals surface area (Å²) in [5.74, 6) is 0.00906. The van der Waals surface area contributed by atoms with Crippen LogP contribution in [0.25, 0.3) is 0 Å². The van der Waals surface area contributed by atoms with Crippen molar-refractivity contribution < 1.29 is 4.79 Å². The molecule has 0 aromatic carbocycles. The Morgan fingerprint density at radius 2 is 2.19 bits per heavy atom. The molecular formula is C12H21N3O. The second-order valence-electron chi connectivity index (χ2n) is 4.29. The minimum absolute atomic E-state index is 0.00906. The van der Waals surface area contributed by atoms with Crippen LogP contribution in [0, 0.1) is 0 Å². The van der Waals surface area contributed by atoms with Crippen LogP contribution in [0.3, 0.4) is 0 Å². The number of carbonyl (C=O) groups is 1. The lowest BCUT2D eigenvalue weighted by Crippen LogP contribution is -2.25. The van der Waals surface area contributed by atoms with Crippen molar-refractivity contribution >= 4 is 5.91 Å². The van der Waals surface area contributed by atoms with E-state index in [1.54, 1.807) is 19.0 Å². The minimum atomic E-state index is 0.00906. The van der Waals surface area contributed by atoms with Gasteiger partial charge in [-0.3, -0.25) is 4.79 Å². The van der Waals surface area contributed by atoms with E-state index >= 15 is 0 Å². The van der Waals surface area contributed by atoms with Crippen molar-refractivity contribution in [1.29, 1.82) is 0 Å². The van der Waals surface area contributed by atoms with Crippen molar-refractivity contribution in [2.45, 2.75) is 32.9 Å². The van der Waals surface area contributed by atoms with Gasteiger partial charge in [-0.05, 0) is 25.5 Å². The van der Waals surface area contributed by atoms with Crippen LogP contribution in [0.1, 0.15) is 36.5 Å². The van der Waals surface area contributed by atoms with Crippen molar-refractivity contribution in [2.75, 3.05) is 14.1 Å². The Bertz CT molecular complexity index is 344. The largest absolute Gasteiger partial charge is 0.353 e. The van der Waals surface area contributed by atoms with Crippen LogP contribution in [0.15, 0.2) is 12.1 Å². The lowest BCUT2D eigenvalue weighted by Gasteiger charge is -2.10.